The first-order valence-corrected chi connectivity index (χ1v) is 6.39. The Morgan fingerprint density at radius 3 is 1.88 bits per heavy atom. The third kappa shape index (κ3) is 2.59. The second-order valence-electron chi connectivity index (χ2n) is 4.01. The molecule has 0 amide bonds. The number of hydrogen-bond donors (Lipinski definition) is 1. The van der Waals surface area contributed by atoms with Crippen LogP contribution >= 0.6 is 8.03 Å². The van der Waals surface area contributed by atoms with E-state index in [0.717, 1.165) is 0 Å². The SMILES string of the molecule is CCC.O=[P+]([O-])C12OCC(CO)(CO1)CO2. The zero-order valence-corrected chi connectivity index (χ0v) is 10.4. The molecule has 2 bridgehead atoms. The number of fused-ring (bicyclic) bond motifs is 3. The van der Waals surface area contributed by atoms with E-state index >= 15 is 0 Å². The topological polar surface area (TPSA) is 88.1 Å². The highest BCUT2D eigenvalue weighted by Crippen LogP contribution is 2.47. The van der Waals surface area contributed by atoms with Crippen LogP contribution < -0.4 is 4.89 Å². The summed E-state index contributed by atoms with van der Waals surface area (Å²) in [6.45, 7) is 4.55. The molecule has 7 heteroatoms. The van der Waals surface area contributed by atoms with Gasteiger partial charge in [-0.1, -0.05) is 24.8 Å². The van der Waals surface area contributed by atoms with Crippen molar-refractivity contribution < 1.29 is 28.8 Å². The predicted molar refractivity (Wildman–Crippen MR) is 53.7 cm³/mol. The van der Waals surface area contributed by atoms with Crippen LogP contribution in [0.15, 0.2) is 0 Å². The minimum atomic E-state index is -2.94. The minimum Gasteiger partial charge on any atom is -0.589 e. The van der Waals surface area contributed by atoms with Crippen molar-refractivity contribution in [2.24, 2.45) is 5.41 Å². The largest absolute Gasteiger partial charge is 0.589 e. The van der Waals surface area contributed by atoms with Crippen molar-refractivity contribution >= 4 is 8.03 Å². The molecule has 3 heterocycles. The fraction of sp³-hybridized carbons (Fsp3) is 1.00. The van der Waals surface area contributed by atoms with Crippen molar-refractivity contribution in [1.29, 1.82) is 0 Å². The zero-order chi connectivity index (χ0) is 12.2. The van der Waals surface area contributed by atoms with E-state index in [0.29, 0.717) is 0 Å². The summed E-state index contributed by atoms with van der Waals surface area (Å²) < 4.78 is 25.5. The van der Waals surface area contributed by atoms with Crippen LogP contribution in [-0.4, -0.2) is 37.2 Å². The Morgan fingerprint density at radius 2 is 1.62 bits per heavy atom. The highest BCUT2D eigenvalue weighted by molar-refractivity contribution is 7.37. The van der Waals surface area contributed by atoms with Crippen LogP contribution in [0.1, 0.15) is 20.3 Å². The average molecular weight is 252 g/mol. The molecule has 1 N–H and O–H groups in total. The van der Waals surface area contributed by atoms with Gasteiger partial charge >= 0.3 is 13.7 Å². The number of aliphatic hydroxyl groups excluding tert-OH is 1. The van der Waals surface area contributed by atoms with Crippen LogP contribution in [0.25, 0.3) is 0 Å². The van der Waals surface area contributed by atoms with Gasteiger partial charge in [-0.3, -0.25) is 14.2 Å². The summed E-state index contributed by atoms with van der Waals surface area (Å²) in [6.07, 6.45) is 1.25. The Balaban J connectivity index is 0.000000386. The summed E-state index contributed by atoms with van der Waals surface area (Å²) in [5.74, 6) is 0. The molecule has 0 aromatic heterocycles. The van der Waals surface area contributed by atoms with E-state index in [2.05, 4.69) is 13.8 Å². The second-order valence-corrected chi connectivity index (χ2v) is 5.07. The van der Waals surface area contributed by atoms with E-state index in [1.54, 1.807) is 0 Å². The third-order valence-electron chi connectivity index (χ3n) is 2.24. The molecule has 94 valence electrons. The molecule has 0 radical (unpaired) electrons. The first-order valence-electron chi connectivity index (χ1n) is 5.21. The summed E-state index contributed by atoms with van der Waals surface area (Å²) >= 11 is 0. The van der Waals surface area contributed by atoms with Gasteiger partial charge in [-0.15, -0.1) is 0 Å². The van der Waals surface area contributed by atoms with Crippen LogP contribution in [-0.2, 0) is 18.8 Å². The second kappa shape index (κ2) is 5.49. The monoisotopic (exact) mass is 252 g/mol. The molecule has 6 nitrogen and oxygen atoms in total. The molecule has 3 rings (SSSR count). The van der Waals surface area contributed by atoms with Gasteiger partial charge in [0, 0.05) is 0 Å². The van der Waals surface area contributed by atoms with E-state index in [1.807, 2.05) is 0 Å². The standard InChI is InChI=1S/C6H9O6P.C3H8/c7-1-5-2-10-6(11-3-5,12-4-5)13(8)9;1-3-2/h7H,1-4H2;3H2,1-2H3. The van der Waals surface area contributed by atoms with Crippen molar-refractivity contribution in [3.05, 3.63) is 0 Å². The van der Waals surface area contributed by atoms with Crippen molar-refractivity contribution in [2.75, 3.05) is 26.4 Å². The molecule has 0 saturated carbocycles. The smallest absolute Gasteiger partial charge is 0.495 e. The summed E-state index contributed by atoms with van der Waals surface area (Å²) in [5, 5.41) is 9.00. The summed E-state index contributed by atoms with van der Waals surface area (Å²) in [4.78, 5) is 10.7. The molecule has 3 fully saturated rings. The Kier molecular flexibility index (Phi) is 4.79. The van der Waals surface area contributed by atoms with Gasteiger partial charge < -0.3 is 10.00 Å². The van der Waals surface area contributed by atoms with Gasteiger partial charge in [-0.25, -0.2) is 0 Å². The molecule has 3 aliphatic rings. The van der Waals surface area contributed by atoms with Gasteiger partial charge in [-0.05, 0) is 0 Å². The molecule has 1 atom stereocenters. The molecular formula is C9H17O6P. The van der Waals surface area contributed by atoms with E-state index < -0.39 is 19.2 Å². The highest BCUT2D eigenvalue weighted by Gasteiger charge is 2.61. The maximum Gasteiger partial charge on any atom is 0.495 e. The Morgan fingerprint density at radius 1 is 1.25 bits per heavy atom. The molecule has 0 aromatic rings. The lowest BCUT2D eigenvalue weighted by atomic mass is 9.91. The lowest BCUT2D eigenvalue weighted by molar-refractivity contribution is -0.437. The molecule has 0 aromatic carbocycles. The maximum atomic E-state index is 10.7. The summed E-state index contributed by atoms with van der Waals surface area (Å²) in [6, 6.07) is 0. The van der Waals surface area contributed by atoms with Crippen LogP contribution in [0.5, 0.6) is 0 Å². The highest BCUT2D eigenvalue weighted by atomic mass is 31.1. The number of aliphatic hydroxyl groups is 1. The van der Waals surface area contributed by atoms with Crippen molar-refractivity contribution in [3.8, 4) is 0 Å². The van der Waals surface area contributed by atoms with Gasteiger partial charge in [0.1, 0.15) is 0 Å². The van der Waals surface area contributed by atoms with E-state index in [-0.39, 0.29) is 26.4 Å². The number of ether oxygens (including phenoxy) is 3. The van der Waals surface area contributed by atoms with Gasteiger partial charge in [0.05, 0.1) is 31.8 Å². The van der Waals surface area contributed by atoms with E-state index in [1.165, 1.54) is 6.42 Å². The first kappa shape index (κ1) is 14.0. The predicted octanol–water partition coefficient (Wildman–Crippen LogP) is 0.172. The number of hydrogen-bond acceptors (Lipinski definition) is 6. The summed E-state index contributed by atoms with van der Waals surface area (Å²) in [5.41, 5.74) is -2.49. The Labute approximate surface area is 95.4 Å². The van der Waals surface area contributed by atoms with Crippen LogP contribution in [0.3, 0.4) is 0 Å². The summed E-state index contributed by atoms with van der Waals surface area (Å²) in [7, 11) is -2.94. The van der Waals surface area contributed by atoms with Gasteiger partial charge in [0.2, 0.25) is 0 Å². The minimum absolute atomic E-state index is 0.140. The normalized spacial score (nSPS) is 37.6. The molecule has 3 aliphatic heterocycles. The van der Waals surface area contributed by atoms with Crippen LogP contribution in [0.2, 0.25) is 0 Å². The zero-order valence-electron chi connectivity index (χ0n) is 9.47. The fourth-order valence-corrected chi connectivity index (χ4v) is 1.79. The average Bonchev–Trinajstić information content (AvgIpc) is 2.32. The molecule has 0 aliphatic carbocycles. The van der Waals surface area contributed by atoms with Crippen molar-refractivity contribution in [3.63, 3.8) is 0 Å². The quantitative estimate of drug-likeness (QED) is 0.705. The molecule has 16 heavy (non-hydrogen) atoms. The molecule has 1 unspecified atom stereocenters. The van der Waals surface area contributed by atoms with Crippen molar-refractivity contribution in [2.45, 2.75) is 26.0 Å². The van der Waals surface area contributed by atoms with Gasteiger partial charge in [0.25, 0.3) is 0 Å². The lowest BCUT2D eigenvalue weighted by Gasteiger charge is -2.45. The molecular weight excluding hydrogens is 235 g/mol. The Bertz CT molecular complexity index is 232. The van der Waals surface area contributed by atoms with E-state index in [4.69, 9.17) is 19.3 Å². The van der Waals surface area contributed by atoms with Gasteiger partial charge in [-0.2, -0.15) is 0 Å². The van der Waals surface area contributed by atoms with E-state index in [9.17, 15) is 9.46 Å². The first-order chi connectivity index (χ1) is 7.54. The molecule has 0 spiro atoms. The maximum absolute atomic E-state index is 10.7. The van der Waals surface area contributed by atoms with Crippen LogP contribution in [0.4, 0.5) is 0 Å². The van der Waals surface area contributed by atoms with Crippen molar-refractivity contribution in [1.82, 2.24) is 0 Å². The lowest BCUT2D eigenvalue weighted by Crippen LogP contribution is -2.60. The fourth-order valence-electron chi connectivity index (χ4n) is 1.28. The Hall–Kier alpha value is -0.100. The van der Waals surface area contributed by atoms with Gasteiger partial charge in [0.15, 0.2) is 0 Å². The number of rotatable bonds is 2. The molecule has 3 saturated heterocycles. The van der Waals surface area contributed by atoms with Crippen LogP contribution in [0, 0.1) is 5.41 Å². The third-order valence-corrected chi connectivity index (χ3v) is 3.08.